The van der Waals surface area contributed by atoms with Crippen LogP contribution in [0.15, 0.2) is 35.2 Å². The topological polar surface area (TPSA) is 54.4 Å². The van der Waals surface area contributed by atoms with Crippen LogP contribution in [0.1, 0.15) is 31.9 Å². The molecule has 0 amide bonds. The van der Waals surface area contributed by atoms with Gasteiger partial charge in [0.25, 0.3) is 10.1 Å². The van der Waals surface area contributed by atoms with Gasteiger partial charge in [0.05, 0.1) is 4.90 Å². The van der Waals surface area contributed by atoms with E-state index < -0.39 is 10.1 Å². The van der Waals surface area contributed by atoms with Crippen LogP contribution >= 0.6 is 0 Å². The first kappa shape index (κ1) is 14.0. The van der Waals surface area contributed by atoms with Gasteiger partial charge in [0.2, 0.25) is 0 Å². The van der Waals surface area contributed by atoms with Gasteiger partial charge in [0, 0.05) is 0 Å². The molecule has 0 saturated heterocycles. The van der Waals surface area contributed by atoms with E-state index in [1.807, 2.05) is 13.0 Å². The molecule has 102 valence electrons. The normalized spacial score (nSPS) is 12.9. The molecule has 0 radical (unpaired) electrons. The molecule has 3 nitrogen and oxygen atoms in total. The van der Waals surface area contributed by atoms with Crippen LogP contribution in [0.2, 0.25) is 0 Å². The zero-order valence-corrected chi connectivity index (χ0v) is 12.4. The van der Waals surface area contributed by atoms with E-state index in [4.69, 9.17) is 4.55 Å². The van der Waals surface area contributed by atoms with Crippen LogP contribution in [-0.4, -0.2) is 13.0 Å². The summed E-state index contributed by atoms with van der Waals surface area (Å²) in [7, 11) is -4.16. The second-order valence-corrected chi connectivity index (χ2v) is 7.34. The van der Waals surface area contributed by atoms with Crippen molar-refractivity contribution in [2.75, 3.05) is 0 Å². The molecule has 0 atom stereocenters. The maximum absolute atomic E-state index is 11.2. The summed E-state index contributed by atoms with van der Waals surface area (Å²) in [6.45, 7) is 8.35. The van der Waals surface area contributed by atoms with E-state index in [0.717, 1.165) is 16.3 Å². The molecule has 0 aliphatic carbocycles. The molecule has 0 spiro atoms. The Balaban J connectivity index is 2.83. The molecule has 2 aromatic rings. The Kier molecular flexibility index (Phi) is 3.19. The zero-order valence-electron chi connectivity index (χ0n) is 11.6. The number of hydrogen-bond acceptors (Lipinski definition) is 2. The van der Waals surface area contributed by atoms with Crippen molar-refractivity contribution in [3.05, 3.63) is 41.5 Å². The Labute approximate surface area is 114 Å². The average Bonchev–Trinajstić information content (AvgIpc) is 2.24. The summed E-state index contributed by atoms with van der Waals surface area (Å²) in [5.41, 5.74) is 2.22. The van der Waals surface area contributed by atoms with Crippen molar-refractivity contribution in [1.29, 1.82) is 0 Å². The molecule has 0 heterocycles. The summed E-state index contributed by atoms with van der Waals surface area (Å²) in [5, 5.41) is 1.85. The van der Waals surface area contributed by atoms with Crippen molar-refractivity contribution in [3.63, 3.8) is 0 Å². The van der Waals surface area contributed by atoms with Crippen molar-refractivity contribution in [1.82, 2.24) is 0 Å². The van der Waals surface area contributed by atoms with Crippen LogP contribution in [-0.2, 0) is 15.5 Å². The fraction of sp³-hybridized carbons (Fsp3) is 0.333. The van der Waals surface area contributed by atoms with Crippen molar-refractivity contribution >= 4 is 20.9 Å². The standard InChI is InChI=1S/C15H18O3S/c1-10-7-11-9-12(19(16,17)18)5-6-13(11)14(8-10)15(2,3)4/h5-9H,1-4H3,(H,16,17,18). The molecule has 1 N–H and O–H groups in total. The maximum Gasteiger partial charge on any atom is 0.294 e. The molecular weight excluding hydrogens is 260 g/mol. The summed E-state index contributed by atoms with van der Waals surface area (Å²) in [6, 6.07) is 8.78. The molecule has 0 aliphatic heterocycles. The Bertz CT molecular complexity index is 738. The minimum Gasteiger partial charge on any atom is -0.282 e. The highest BCUT2D eigenvalue weighted by atomic mass is 32.2. The quantitative estimate of drug-likeness (QED) is 0.809. The molecule has 2 rings (SSSR count). The smallest absolute Gasteiger partial charge is 0.282 e. The highest BCUT2D eigenvalue weighted by Gasteiger charge is 2.18. The zero-order chi connectivity index (χ0) is 14.4. The van der Waals surface area contributed by atoms with Gasteiger partial charge >= 0.3 is 0 Å². The van der Waals surface area contributed by atoms with Crippen molar-refractivity contribution in [3.8, 4) is 0 Å². The first-order valence-corrected chi connectivity index (χ1v) is 7.55. The van der Waals surface area contributed by atoms with Gasteiger partial charge in [-0.2, -0.15) is 8.42 Å². The second-order valence-electron chi connectivity index (χ2n) is 5.92. The van der Waals surface area contributed by atoms with Gasteiger partial charge in [0.1, 0.15) is 0 Å². The third-order valence-electron chi connectivity index (χ3n) is 3.17. The molecule has 19 heavy (non-hydrogen) atoms. The molecule has 0 fully saturated rings. The van der Waals surface area contributed by atoms with E-state index in [-0.39, 0.29) is 10.3 Å². The molecule has 0 unspecified atom stereocenters. The van der Waals surface area contributed by atoms with E-state index in [1.54, 1.807) is 6.07 Å². The first-order chi connectivity index (χ1) is 8.59. The third-order valence-corrected chi connectivity index (χ3v) is 4.02. The number of hydrogen-bond donors (Lipinski definition) is 1. The van der Waals surface area contributed by atoms with E-state index in [1.165, 1.54) is 17.7 Å². The Morgan fingerprint density at radius 2 is 1.68 bits per heavy atom. The van der Waals surface area contributed by atoms with E-state index >= 15 is 0 Å². The molecule has 0 aromatic heterocycles. The van der Waals surface area contributed by atoms with Gasteiger partial charge in [-0.1, -0.05) is 44.5 Å². The molecule has 2 aromatic carbocycles. The lowest BCUT2D eigenvalue weighted by Gasteiger charge is -2.22. The van der Waals surface area contributed by atoms with Crippen molar-refractivity contribution in [2.24, 2.45) is 0 Å². The summed E-state index contributed by atoms with van der Waals surface area (Å²) in [4.78, 5) is -0.0644. The van der Waals surface area contributed by atoms with Crippen molar-refractivity contribution < 1.29 is 13.0 Å². The van der Waals surface area contributed by atoms with E-state index in [2.05, 4.69) is 26.8 Å². The summed E-state index contributed by atoms with van der Waals surface area (Å²) in [6.07, 6.45) is 0. The van der Waals surface area contributed by atoms with Crippen LogP contribution < -0.4 is 0 Å². The van der Waals surface area contributed by atoms with Gasteiger partial charge in [-0.25, -0.2) is 0 Å². The monoisotopic (exact) mass is 278 g/mol. The lowest BCUT2D eigenvalue weighted by Crippen LogP contribution is -2.12. The van der Waals surface area contributed by atoms with Gasteiger partial charge < -0.3 is 0 Å². The SMILES string of the molecule is Cc1cc(C(C)(C)C)c2ccc(S(=O)(=O)O)cc2c1. The predicted octanol–water partition coefficient (Wildman–Crippen LogP) is 3.69. The van der Waals surface area contributed by atoms with Gasteiger partial charge in [-0.15, -0.1) is 0 Å². The molecule has 0 saturated carbocycles. The fourth-order valence-corrected chi connectivity index (χ4v) is 2.79. The van der Waals surface area contributed by atoms with Crippen molar-refractivity contribution in [2.45, 2.75) is 38.0 Å². The molecule has 0 bridgehead atoms. The highest BCUT2D eigenvalue weighted by Crippen LogP contribution is 2.32. The van der Waals surface area contributed by atoms with Gasteiger partial charge in [0.15, 0.2) is 0 Å². The Hall–Kier alpha value is -1.39. The van der Waals surface area contributed by atoms with Crippen LogP contribution in [0.25, 0.3) is 10.8 Å². The van der Waals surface area contributed by atoms with Gasteiger partial charge in [-0.05, 0) is 40.8 Å². The van der Waals surface area contributed by atoms with Crippen LogP contribution in [0, 0.1) is 6.92 Å². The lowest BCUT2D eigenvalue weighted by molar-refractivity contribution is 0.483. The predicted molar refractivity (Wildman–Crippen MR) is 77.2 cm³/mol. The van der Waals surface area contributed by atoms with Crippen LogP contribution in [0.3, 0.4) is 0 Å². The minimum atomic E-state index is -4.16. The summed E-state index contributed by atoms with van der Waals surface area (Å²) >= 11 is 0. The number of rotatable bonds is 1. The molecule has 0 aliphatic rings. The Morgan fingerprint density at radius 1 is 1.05 bits per heavy atom. The molecule has 4 heteroatoms. The number of fused-ring (bicyclic) bond motifs is 1. The second kappa shape index (κ2) is 4.32. The number of aryl methyl sites for hydroxylation is 1. The first-order valence-electron chi connectivity index (χ1n) is 6.11. The summed E-state index contributed by atoms with van der Waals surface area (Å²) < 4.78 is 31.5. The fourth-order valence-electron chi connectivity index (χ4n) is 2.28. The van der Waals surface area contributed by atoms with E-state index in [0.29, 0.717) is 0 Å². The third kappa shape index (κ3) is 2.80. The molecular formula is C15H18O3S. The average molecular weight is 278 g/mol. The number of benzene rings is 2. The highest BCUT2D eigenvalue weighted by molar-refractivity contribution is 7.85. The largest absolute Gasteiger partial charge is 0.294 e. The summed E-state index contributed by atoms with van der Waals surface area (Å²) in [5.74, 6) is 0. The minimum absolute atomic E-state index is 0.0239. The maximum atomic E-state index is 11.2. The lowest BCUT2D eigenvalue weighted by atomic mass is 9.83. The van der Waals surface area contributed by atoms with Gasteiger partial charge in [-0.3, -0.25) is 4.55 Å². The Morgan fingerprint density at radius 3 is 2.21 bits per heavy atom. The van der Waals surface area contributed by atoms with Crippen LogP contribution in [0.4, 0.5) is 0 Å². The van der Waals surface area contributed by atoms with Crippen LogP contribution in [0.5, 0.6) is 0 Å². The van der Waals surface area contributed by atoms with E-state index in [9.17, 15) is 8.42 Å².